The van der Waals surface area contributed by atoms with Gasteiger partial charge in [0.25, 0.3) is 5.91 Å². The molecular formula is C14H13BrN4O4S. The van der Waals surface area contributed by atoms with Crippen molar-refractivity contribution >= 4 is 43.6 Å². The molecule has 2 rings (SSSR count). The fourth-order valence-corrected chi connectivity index (χ4v) is 2.44. The van der Waals surface area contributed by atoms with E-state index >= 15 is 0 Å². The second-order valence-electron chi connectivity index (χ2n) is 4.61. The van der Waals surface area contributed by atoms with Crippen LogP contribution in [0.15, 0.2) is 57.9 Å². The molecule has 0 saturated carbocycles. The minimum Gasteiger partial charge on any atom is -0.297 e. The summed E-state index contributed by atoms with van der Waals surface area (Å²) in [5.41, 5.74) is 5.53. The number of hydrogen-bond acceptors (Lipinski definition) is 5. The van der Waals surface area contributed by atoms with Gasteiger partial charge in [-0.15, -0.1) is 0 Å². The van der Waals surface area contributed by atoms with Gasteiger partial charge in [0.1, 0.15) is 0 Å². The lowest BCUT2D eigenvalue weighted by Gasteiger charge is -2.09. The molecule has 2 aromatic carbocycles. The maximum atomic E-state index is 11.8. The molecule has 0 atom stereocenters. The predicted octanol–water partition coefficient (Wildman–Crippen LogP) is 1.56. The molecule has 0 radical (unpaired) electrons. The predicted molar refractivity (Wildman–Crippen MR) is 91.6 cm³/mol. The van der Waals surface area contributed by atoms with Gasteiger partial charge in [-0.2, -0.15) is 0 Å². The molecule has 0 aliphatic heterocycles. The zero-order valence-corrected chi connectivity index (χ0v) is 14.5. The number of anilines is 1. The van der Waals surface area contributed by atoms with Crippen LogP contribution >= 0.6 is 15.9 Å². The van der Waals surface area contributed by atoms with Crippen molar-refractivity contribution in [3.63, 3.8) is 0 Å². The summed E-state index contributed by atoms with van der Waals surface area (Å²) in [5.74, 6) is -0.564. The molecule has 0 heterocycles. The summed E-state index contributed by atoms with van der Waals surface area (Å²) >= 11 is 3.25. The van der Waals surface area contributed by atoms with Crippen LogP contribution in [0.1, 0.15) is 10.4 Å². The molecule has 10 heteroatoms. The third kappa shape index (κ3) is 5.05. The van der Waals surface area contributed by atoms with Crippen LogP contribution < -0.4 is 21.3 Å². The number of imide groups is 1. The van der Waals surface area contributed by atoms with Crippen molar-refractivity contribution in [3.8, 4) is 0 Å². The number of primary sulfonamides is 1. The number of carbonyl (C=O) groups excluding carboxylic acids is 2. The number of nitrogens with one attached hydrogen (secondary N) is 3. The van der Waals surface area contributed by atoms with Gasteiger partial charge in [-0.05, 0) is 48.5 Å². The van der Waals surface area contributed by atoms with E-state index in [9.17, 15) is 18.0 Å². The van der Waals surface area contributed by atoms with Crippen molar-refractivity contribution in [1.29, 1.82) is 0 Å². The van der Waals surface area contributed by atoms with E-state index in [1.807, 2.05) is 0 Å². The lowest BCUT2D eigenvalue weighted by atomic mass is 10.2. The smallest absolute Gasteiger partial charge is 0.297 e. The van der Waals surface area contributed by atoms with E-state index in [4.69, 9.17) is 5.14 Å². The number of nitrogens with two attached hydrogens (primary N) is 1. The van der Waals surface area contributed by atoms with Gasteiger partial charge in [-0.1, -0.05) is 15.9 Å². The van der Waals surface area contributed by atoms with Gasteiger partial charge in [0.2, 0.25) is 10.0 Å². The molecule has 0 aliphatic carbocycles. The van der Waals surface area contributed by atoms with Crippen LogP contribution in [0.5, 0.6) is 0 Å². The van der Waals surface area contributed by atoms with Crippen LogP contribution in [-0.4, -0.2) is 20.4 Å². The zero-order chi connectivity index (χ0) is 17.7. The Balaban J connectivity index is 1.89. The molecule has 8 nitrogen and oxygen atoms in total. The van der Waals surface area contributed by atoms with E-state index in [1.54, 1.807) is 24.3 Å². The number of benzene rings is 2. The van der Waals surface area contributed by atoms with Gasteiger partial charge in [-0.3, -0.25) is 21.0 Å². The molecule has 2 aromatic rings. The van der Waals surface area contributed by atoms with E-state index in [-0.39, 0.29) is 4.90 Å². The highest BCUT2D eigenvalue weighted by atomic mass is 79.9. The molecule has 0 fully saturated rings. The minimum atomic E-state index is -3.78. The topological polar surface area (TPSA) is 130 Å². The van der Waals surface area contributed by atoms with E-state index < -0.39 is 22.0 Å². The van der Waals surface area contributed by atoms with Gasteiger partial charge < -0.3 is 0 Å². The average molecular weight is 413 g/mol. The zero-order valence-electron chi connectivity index (χ0n) is 12.1. The summed E-state index contributed by atoms with van der Waals surface area (Å²) in [4.78, 5) is 23.4. The van der Waals surface area contributed by atoms with Gasteiger partial charge in [0.05, 0.1) is 10.6 Å². The molecule has 0 spiro atoms. The summed E-state index contributed by atoms with van der Waals surface area (Å²) in [6.45, 7) is 0. The van der Waals surface area contributed by atoms with Crippen LogP contribution in [0, 0.1) is 0 Å². The first kappa shape index (κ1) is 17.9. The summed E-state index contributed by atoms with van der Waals surface area (Å²) in [5, 5.41) is 7.12. The first-order valence-electron chi connectivity index (χ1n) is 6.51. The molecule has 0 unspecified atom stereocenters. The van der Waals surface area contributed by atoms with Gasteiger partial charge >= 0.3 is 6.03 Å². The SMILES string of the molecule is NS(=O)(=O)c1ccc(NNC(=O)NC(=O)c2ccc(Br)cc2)cc1. The Bertz CT molecular complexity index is 851. The molecule has 0 aromatic heterocycles. The Morgan fingerprint density at radius 1 is 0.958 bits per heavy atom. The quantitative estimate of drug-likeness (QED) is 0.566. The van der Waals surface area contributed by atoms with Gasteiger partial charge in [-0.25, -0.2) is 18.4 Å². The molecule has 0 bridgehead atoms. The first-order valence-corrected chi connectivity index (χ1v) is 8.85. The number of amides is 3. The first-order chi connectivity index (χ1) is 11.3. The standard InChI is InChI=1S/C14H13BrN4O4S/c15-10-3-1-9(2-4-10)13(20)17-14(21)19-18-11-5-7-12(8-6-11)24(16,22)23/h1-8,18H,(H2,16,22,23)(H2,17,19,20,21). The fourth-order valence-electron chi connectivity index (χ4n) is 1.66. The third-order valence-corrected chi connectivity index (χ3v) is 4.29. The summed E-state index contributed by atoms with van der Waals surface area (Å²) in [6.07, 6.45) is 0. The normalized spacial score (nSPS) is 10.8. The Labute approximate surface area is 146 Å². The highest BCUT2D eigenvalue weighted by Crippen LogP contribution is 2.12. The molecule has 0 aliphatic rings. The Morgan fingerprint density at radius 2 is 1.54 bits per heavy atom. The number of sulfonamides is 1. The van der Waals surface area contributed by atoms with Crippen LogP contribution in [-0.2, 0) is 10.0 Å². The largest absolute Gasteiger partial charge is 0.340 e. The molecule has 24 heavy (non-hydrogen) atoms. The Hall–Kier alpha value is -2.43. The van der Waals surface area contributed by atoms with E-state index in [1.165, 1.54) is 24.3 Å². The number of hydrogen-bond donors (Lipinski definition) is 4. The Kier molecular flexibility index (Phi) is 5.54. The maximum Gasteiger partial charge on any atom is 0.340 e. The minimum absolute atomic E-state index is 0.0529. The second kappa shape index (κ2) is 7.43. The monoisotopic (exact) mass is 412 g/mol. The average Bonchev–Trinajstić information content (AvgIpc) is 2.53. The number of hydrazine groups is 1. The molecule has 5 N–H and O–H groups in total. The molecule has 0 saturated heterocycles. The summed E-state index contributed by atoms with van der Waals surface area (Å²) in [6, 6.07) is 11.1. The van der Waals surface area contributed by atoms with Crippen LogP contribution in [0.25, 0.3) is 0 Å². The van der Waals surface area contributed by atoms with Crippen LogP contribution in [0.4, 0.5) is 10.5 Å². The van der Waals surface area contributed by atoms with E-state index in [0.29, 0.717) is 11.3 Å². The lowest BCUT2D eigenvalue weighted by Crippen LogP contribution is -2.42. The highest BCUT2D eigenvalue weighted by Gasteiger charge is 2.10. The van der Waals surface area contributed by atoms with Gasteiger partial charge in [0, 0.05) is 10.0 Å². The van der Waals surface area contributed by atoms with Crippen molar-refractivity contribution < 1.29 is 18.0 Å². The Morgan fingerprint density at radius 3 is 2.08 bits per heavy atom. The highest BCUT2D eigenvalue weighted by molar-refractivity contribution is 9.10. The van der Waals surface area contributed by atoms with Crippen molar-refractivity contribution in [2.75, 3.05) is 5.43 Å². The van der Waals surface area contributed by atoms with Crippen molar-refractivity contribution in [1.82, 2.24) is 10.7 Å². The van der Waals surface area contributed by atoms with E-state index in [2.05, 4.69) is 32.1 Å². The van der Waals surface area contributed by atoms with Crippen molar-refractivity contribution in [2.24, 2.45) is 5.14 Å². The summed E-state index contributed by atoms with van der Waals surface area (Å²) < 4.78 is 23.1. The molecular weight excluding hydrogens is 400 g/mol. The maximum absolute atomic E-state index is 11.8. The number of rotatable bonds is 4. The van der Waals surface area contributed by atoms with Crippen LogP contribution in [0.3, 0.4) is 0 Å². The van der Waals surface area contributed by atoms with Gasteiger partial charge in [0.15, 0.2) is 0 Å². The summed E-state index contributed by atoms with van der Waals surface area (Å²) in [7, 11) is -3.78. The van der Waals surface area contributed by atoms with Crippen molar-refractivity contribution in [3.05, 3.63) is 58.6 Å². The fraction of sp³-hybridized carbons (Fsp3) is 0. The van der Waals surface area contributed by atoms with Crippen molar-refractivity contribution in [2.45, 2.75) is 4.90 Å². The number of urea groups is 1. The van der Waals surface area contributed by atoms with E-state index in [0.717, 1.165) is 4.47 Å². The molecule has 126 valence electrons. The van der Waals surface area contributed by atoms with Crippen LogP contribution in [0.2, 0.25) is 0 Å². The lowest BCUT2D eigenvalue weighted by molar-refractivity contribution is 0.0964. The molecule has 3 amide bonds. The second-order valence-corrected chi connectivity index (χ2v) is 7.09. The number of carbonyl (C=O) groups is 2. The number of halogens is 1. The third-order valence-electron chi connectivity index (χ3n) is 2.84.